The number of aryl methyl sites for hydroxylation is 1. The van der Waals surface area contributed by atoms with Crippen molar-refractivity contribution in [2.45, 2.75) is 46.1 Å². The van der Waals surface area contributed by atoms with Gasteiger partial charge in [-0.1, -0.05) is 51.1 Å². The summed E-state index contributed by atoms with van der Waals surface area (Å²) < 4.78 is 2.33. The molecule has 4 nitrogen and oxygen atoms in total. The molecule has 1 saturated heterocycles. The summed E-state index contributed by atoms with van der Waals surface area (Å²) >= 11 is 0. The Balaban J connectivity index is 1.72. The molecule has 1 aliphatic rings. The number of carbonyl (C=O) groups is 1. The molecule has 2 heterocycles. The Kier molecular flexibility index (Phi) is 4.73. The fraction of sp³-hybridized carbons (Fsp3) is 0.391. The van der Waals surface area contributed by atoms with Gasteiger partial charge in [-0.2, -0.15) is 0 Å². The van der Waals surface area contributed by atoms with Crippen LogP contribution in [0.2, 0.25) is 0 Å². The van der Waals surface area contributed by atoms with Gasteiger partial charge in [-0.25, -0.2) is 4.98 Å². The summed E-state index contributed by atoms with van der Waals surface area (Å²) in [4.78, 5) is 19.8. The monoisotopic (exact) mass is 361 g/mol. The van der Waals surface area contributed by atoms with Crippen LogP contribution < -0.4 is 4.90 Å². The standard InChI is InChI=1S/C23H27N3O/c1-4-17-9-5-7-11-20(17)25-15-18(13-22(25)27)23-24-19-10-6-8-12-21(19)26(23)14-16(2)3/h5-12,16,18H,4,13-15H2,1-3H3/t18-/m0/s1. The van der Waals surface area contributed by atoms with Crippen molar-refractivity contribution in [3.63, 3.8) is 0 Å². The van der Waals surface area contributed by atoms with Gasteiger partial charge in [-0.3, -0.25) is 4.79 Å². The third kappa shape index (κ3) is 3.25. The number of carbonyl (C=O) groups excluding carboxylic acids is 1. The zero-order valence-corrected chi connectivity index (χ0v) is 16.4. The molecular formula is C23H27N3O. The summed E-state index contributed by atoms with van der Waals surface area (Å²) in [5.41, 5.74) is 4.47. The summed E-state index contributed by atoms with van der Waals surface area (Å²) in [5.74, 6) is 1.91. The first-order valence-corrected chi connectivity index (χ1v) is 9.92. The lowest BCUT2D eigenvalue weighted by Crippen LogP contribution is -2.25. The Hall–Kier alpha value is -2.62. The maximum atomic E-state index is 12.9. The number of aromatic nitrogens is 2. The van der Waals surface area contributed by atoms with Gasteiger partial charge in [-0.05, 0) is 36.1 Å². The van der Waals surface area contributed by atoms with Crippen molar-refractivity contribution < 1.29 is 4.79 Å². The van der Waals surface area contributed by atoms with Gasteiger partial charge in [0.2, 0.25) is 5.91 Å². The van der Waals surface area contributed by atoms with Crippen LogP contribution in [0.15, 0.2) is 48.5 Å². The molecule has 3 aromatic rings. The Morgan fingerprint density at radius 1 is 1.11 bits per heavy atom. The fourth-order valence-corrected chi connectivity index (χ4v) is 4.15. The Labute approximate surface area is 160 Å². The third-order valence-corrected chi connectivity index (χ3v) is 5.39. The van der Waals surface area contributed by atoms with Gasteiger partial charge < -0.3 is 9.47 Å². The average molecular weight is 361 g/mol. The first-order chi connectivity index (χ1) is 13.1. The highest BCUT2D eigenvalue weighted by atomic mass is 16.2. The fourth-order valence-electron chi connectivity index (χ4n) is 4.15. The SMILES string of the molecule is CCc1ccccc1N1C[C@@H](c2nc3ccccc3n2CC(C)C)CC1=O. The second-order valence-corrected chi connectivity index (χ2v) is 7.85. The van der Waals surface area contributed by atoms with Crippen LogP contribution in [0.5, 0.6) is 0 Å². The smallest absolute Gasteiger partial charge is 0.227 e. The predicted molar refractivity (Wildman–Crippen MR) is 110 cm³/mol. The molecule has 4 rings (SSSR count). The van der Waals surface area contributed by atoms with Crippen LogP contribution in [0.1, 0.15) is 44.5 Å². The van der Waals surface area contributed by atoms with Crippen LogP contribution in [0.4, 0.5) is 5.69 Å². The average Bonchev–Trinajstić information content (AvgIpc) is 3.22. The van der Waals surface area contributed by atoms with Gasteiger partial charge >= 0.3 is 0 Å². The van der Waals surface area contributed by atoms with E-state index in [9.17, 15) is 4.79 Å². The van der Waals surface area contributed by atoms with Crippen molar-refractivity contribution in [3.05, 3.63) is 59.9 Å². The highest BCUT2D eigenvalue weighted by Crippen LogP contribution is 2.35. The largest absolute Gasteiger partial charge is 0.327 e. The number of imidazole rings is 1. The molecule has 27 heavy (non-hydrogen) atoms. The van der Waals surface area contributed by atoms with Gasteiger partial charge in [0.05, 0.1) is 11.0 Å². The van der Waals surface area contributed by atoms with Crippen LogP contribution in [0.25, 0.3) is 11.0 Å². The highest BCUT2D eigenvalue weighted by Gasteiger charge is 2.35. The lowest BCUT2D eigenvalue weighted by Gasteiger charge is -2.20. The summed E-state index contributed by atoms with van der Waals surface area (Å²) in [7, 11) is 0. The van der Waals surface area contributed by atoms with Crippen LogP contribution in [0.3, 0.4) is 0 Å². The van der Waals surface area contributed by atoms with E-state index in [0.717, 1.165) is 30.0 Å². The summed E-state index contributed by atoms with van der Waals surface area (Å²) in [6.45, 7) is 8.21. The van der Waals surface area contributed by atoms with Gasteiger partial charge in [0.1, 0.15) is 5.82 Å². The van der Waals surface area contributed by atoms with E-state index in [1.54, 1.807) is 0 Å². The summed E-state index contributed by atoms with van der Waals surface area (Å²) in [5, 5.41) is 0. The molecule has 1 aromatic heterocycles. The molecule has 1 aliphatic heterocycles. The van der Waals surface area contributed by atoms with Crippen molar-refractivity contribution in [1.82, 2.24) is 9.55 Å². The van der Waals surface area contributed by atoms with Gasteiger partial charge in [-0.15, -0.1) is 0 Å². The quantitative estimate of drug-likeness (QED) is 0.656. The predicted octanol–water partition coefficient (Wildman–Crippen LogP) is 4.78. The van der Waals surface area contributed by atoms with Crippen molar-refractivity contribution in [2.75, 3.05) is 11.4 Å². The molecule has 140 valence electrons. The third-order valence-electron chi connectivity index (χ3n) is 5.39. The first kappa shape index (κ1) is 17.8. The number of hydrogen-bond donors (Lipinski definition) is 0. The van der Waals surface area contributed by atoms with E-state index in [2.05, 4.69) is 55.7 Å². The Morgan fingerprint density at radius 2 is 1.85 bits per heavy atom. The van der Waals surface area contributed by atoms with E-state index in [4.69, 9.17) is 4.98 Å². The van der Waals surface area contributed by atoms with Crippen LogP contribution in [-0.2, 0) is 17.8 Å². The number of rotatable bonds is 5. The summed E-state index contributed by atoms with van der Waals surface area (Å²) in [6.07, 6.45) is 1.45. The van der Waals surface area contributed by atoms with Crippen molar-refractivity contribution >= 4 is 22.6 Å². The van der Waals surface area contributed by atoms with E-state index in [0.29, 0.717) is 18.9 Å². The minimum atomic E-state index is 0.133. The van der Waals surface area contributed by atoms with E-state index < -0.39 is 0 Å². The minimum Gasteiger partial charge on any atom is -0.327 e. The maximum Gasteiger partial charge on any atom is 0.227 e. The molecule has 0 saturated carbocycles. The van der Waals surface area contributed by atoms with Crippen molar-refractivity contribution in [1.29, 1.82) is 0 Å². The highest BCUT2D eigenvalue weighted by molar-refractivity contribution is 5.97. The number of nitrogens with zero attached hydrogens (tertiary/aromatic N) is 3. The zero-order chi connectivity index (χ0) is 19.0. The van der Waals surface area contributed by atoms with Crippen molar-refractivity contribution in [3.8, 4) is 0 Å². The van der Waals surface area contributed by atoms with Crippen molar-refractivity contribution in [2.24, 2.45) is 5.92 Å². The van der Waals surface area contributed by atoms with Gasteiger partial charge in [0, 0.05) is 31.1 Å². The molecule has 0 aliphatic carbocycles. The first-order valence-electron chi connectivity index (χ1n) is 9.92. The lowest BCUT2D eigenvalue weighted by atomic mass is 10.1. The number of benzene rings is 2. The minimum absolute atomic E-state index is 0.133. The lowest BCUT2D eigenvalue weighted by molar-refractivity contribution is -0.117. The topological polar surface area (TPSA) is 38.1 Å². The van der Waals surface area contributed by atoms with E-state index in [1.165, 1.54) is 11.1 Å². The molecule has 0 spiro atoms. The van der Waals surface area contributed by atoms with Crippen LogP contribution in [-0.4, -0.2) is 22.0 Å². The van der Waals surface area contributed by atoms with E-state index in [1.807, 2.05) is 23.1 Å². The molecule has 2 aromatic carbocycles. The number of fused-ring (bicyclic) bond motifs is 1. The van der Waals surface area contributed by atoms with E-state index >= 15 is 0 Å². The molecule has 0 N–H and O–H groups in total. The molecule has 0 unspecified atom stereocenters. The number of amides is 1. The number of para-hydroxylation sites is 3. The Bertz CT molecular complexity index is 973. The second kappa shape index (κ2) is 7.18. The summed E-state index contributed by atoms with van der Waals surface area (Å²) in [6, 6.07) is 16.5. The van der Waals surface area contributed by atoms with Gasteiger partial charge in [0.25, 0.3) is 0 Å². The molecule has 1 atom stereocenters. The second-order valence-electron chi connectivity index (χ2n) is 7.85. The normalized spacial score (nSPS) is 17.4. The Morgan fingerprint density at radius 3 is 2.63 bits per heavy atom. The molecule has 0 radical (unpaired) electrons. The maximum absolute atomic E-state index is 12.9. The molecule has 1 amide bonds. The molecule has 1 fully saturated rings. The van der Waals surface area contributed by atoms with Crippen LogP contribution >= 0.6 is 0 Å². The molecule has 0 bridgehead atoms. The van der Waals surface area contributed by atoms with Gasteiger partial charge in [0.15, 0.2) is 0 Å². The van der Waals surface area contributed by atoms with Crippen LogP contribution in [0, 0.1) is 5.92 Å². The zero-order valence-electron chi connectivity index (χ0n) is 16.4. The van der Waals surface area contributed by atoms with E-state index in [-0.39, 0.29) is 11.8 Å². The number of anilines is 1. The number of hydrogen-bond acceptors (Lipinski definition) is 2. The molecule has 4 heteroatoms. The molecular weight excluding hydrogens is 334 g/mol.